The molecule has 5 nitrogen and oxygen atoms in total. The summed E-state index contributed by atoms with van der Waals surface area (Å²) in [5, 5.41) is 3.23. The molecule has 1 aromatic carbocycles. The summed E-state index contributed by atoms with van der Waals surface area (Å²) in [7, 11) is -3.28. The second-order valence-electron chi connectivity index (χ2n) is 5.05. The molecule has 0 bridgehead atoms. The van der Waals surface area contributed by atoms with Gasteiger partial charge in [-0.2, -0.15) is 0 Å². The number of rotatable bonds is 4. The van der Waals surface area contributed by atoms with Crippen molar-refractivity contribution in [1.82, 2.24) is 10.0 Å². The van der Waals surface area contributed by atoms with Crippen LogP contribution in [0, 0.1) is 11.7 Å². The van der Waals surface area contributed by atoms with Gasteiger partial charge in [0.1, 0.15) is 5.82 Å². The van der Waals surface area contributed by atoms with E-state index in [1.807, 2.05) is 0 Å². The molecule has 9 heteroatoms. The lowest BCUT2D eigenvalue weighted by molar-refractivity contribution is 0.0320. The number of hydrogen-bond acceptors (Lipinski definition) is 4. The maximum atomic E-state index is 13.6. The molecule has 2 N–H and O–H groups in total. The first-order valence-electron chi connectivity index (χ1n) is 6.59. The lowest BCUT2D eigenvalue weighted by Crippen LogP contribution is -2.36. The van der Waals surface area contributed by atoms with Crippen molar-refractivity contribution in [2.24, 2.45) is 5.92 Å². The van der Waals surface area contributed by atoms with Gasteiger partial charge in [-0.1, -0.05) is 17.7 Å². The van der Waals surface area contributed by atoms with Gasteiger partial charge in [0, 0.05) is 25.6 Å². The van der Waals surface area contributed by atoms with Crippen molar-refractivity contribution in [2.75, 3.05) is 32.5 Å². The predicted octanol–water partition coefficient (Wildman–Crippen LogP) is 1.73. The monoisotopic (exact) mass is 372 g/mol. The molecule has 0 spiro atoms. The van der Waals surface area contributed by atoms with Crippen LogP contribution in [0.25, 0.3) is 0 Å². The Morgan fingerprint density at radius 2 is 2.23 bits per heavy atom. The summed E-state index contributed by atoms with van der Waals surface area (Å²) in [6.07, 6.45) is 0.718. The summed E-state index contributed by atoms with van der Waals surface area (Å²) in [5.41, 5.74) is 0.654. The van der Waals surface area contributed by atoms with Gasteiger partial charge in [-0.3, -0.25) is 0 Å². The fourth-order valence-electron chi connectivity index (χ4n) is 2.28. The molecule has 0 aliphatic carbocycles. The van der Waals surface area contributed by atoms with Crippen molar-refractivity contribution in [3.05, 3.63) is 34.6 Å². The van der Waals surface area contributed by atoms with E-state index in [4.69, 9.17) is 16.3 Å². The predicted molar refractivity (Wildman–Crippen MR) is 86.6 cm³/mol. The van der Waals surface area contributed by atoms with Crippen LogP contribution in [-0.2, 0) is 14.8 Å². The van der Waals surface area contributed by atoms with E-state index in [1.54, 1.807) is 6.07 Å². The van der Waals surface area contributed by atoms with Crippen molar-refractivity contribution in [3.63, 3.8) is 0 Å². The third-order valence-electron chi connectivity index (χ3n) is 3.29. The lowest BCUT2D eigenvalue weighted by Gasteiger charge is -2.25. The zero-order valence-corrected chi connectivity index (χ0v) is 14.4. The number of hydrogen-bond donors (Lipinski definition) is 2. The van der Waals surface area contributed by atoms with Crippen LogP contribution in [0.15, 0.2) is 18.2 Å². The Balaban J connectivity index is 0.00000242. The highest BCUT2D eigenvalue weighted by atomic mass is 35.5. The molecular weight excluding hydrogens is 354 g/mol. The van der Waals surface area contributed by atoms with Crippen LogP contribution in [0.4, 0.5) is 4.39 Å². The first-order valence-corrected chi connectivity index (χ1v) is 8.85. The van der Waals surface area contributed by atoms with Gasteiger partial charge in [-0.25, -0.2) is 17.5 Å². The average molecular weight is 373 g/mol. The molecule has 0 radical (unpaired) electrons. The highest BCUT2D eigenvalue weighted by Crippen LogP contribution is 2.29. The Morgan fingerprint density at radius 1 is 1.50 bits per heavy atom. The third kappa shape index (κ3) is 5.64. The van der Waals surface area contributed by atoms with Gasteiger partial charge in [-0.05, 0) is 17.7 Å². The molecule has 1 aliphatic rings. The molecule has 2 atom stereocenters. The van der Waals surface area contributed by atoms with Crippen LogP contribution in [0.3, 0.4) is 0 Å². The zero-order valence-electron chi connectivity index (χ0n) is 12.0. The van der Waals surface area contributed by atoms with E-state index in [2.05, 4.69) is 10.0 Å². The molecule has 126 valence electrons. The molecule has 0 saturated carbocycles. The van der Waals surface area contributed by atoms with Gasteiger partial charge in [0.25, 0.3) is 0 Å². The summed E-state index contributed by atoms with van der Waals surface area (Å²) in [4.78, 5) is 0. The fraction of sp³-hybridized carbons (Fsp3) is 0.538. The molecule has 1 saturated heterocycles. The molecule has 22 heavy (non-hydrogen) atoms. The van der Waals surface area contributed by atoms with Crippen LogP contribution < -0.4 is 10.0 Å². The highest BCUT2D eigenvalue weighted by molar-refractivity contribution is 7.88. The van der Waals surface area contributed by atoms with Crippen molar-refractivity contribution in [3.8, 4) is 0 Å². The number of benzene rings is 1. The van der Waals surface area contributed by atoms with Crippen molar-refractivity contribution < 1.29 is 17.5 Å². The topological polar surface area (TPSA) is 67.4 Å². The Morgan fingerprint density at radius 3 is 2.86 bits per heavy atom. The van der Waals surface area contributed by atoms with Crippen molar-refractivity contribution in [1.29, 1.82) is 0 Å². The normalized spacial score (nSPS) is 22.7. The Bertz CT molecular complexity index is 601. The molecular formula is C13H19Cl2FN2O3S. The van der Waals surface area contributed by atoms with E-state index in [-0.39, 0.29) is 36.0 Å². The lowest BCUT2D eigenvalue weighted by atomic mass is 9.95. The molecule has 1 aliphatic heterocycles. The minimum atomic E-state index is -3.28. The second-order valence-corrected chi connectivity index (χ2v) is 7.29. The van der Waals surface area contributed by atoms with Gasteiger partial charge < -0.3 is 10.1 Å². The zero-order chi connectivity index (χ0) is 15.5. The smallest absolute Gasteiger partial charge is 0.208 e. The van der Waals surface area contributed by atoms with Gasteiger partial charge in [0.05, 0.1) is 24.0 Å². The van der Waals surface area contributed by atoms with E-state index in [0.717, 1.165) is 6.26 Å². The van der Waals surface area contributed by atoms with Gasteiger partial charge in [0.2, 0.25) is 10.0 Å². The van der Waals surface area contributed by atoms with Crippen LogP contribution in [0.2, 0.25) is 5.02 Å². The second kappa shape index (κ2) is 8.42. The standard InChI is InChI=1S/C13H18ClFN2O3S.ClH/c1-21(18,19)17-8-10-7-16-4-5-20-13(10)9-2-3-11(14)12(15)6-9;/h2-3,6,10,13,16-17H,4-5,7-8H2,1H3;1H/t10-,13-;/m0./s1. The van der Waals surface area contributed by atoms with Crippen LogP contribution in [-0.4, -0.2) is 40.9 Å². The largest absolute Gasteiger partial charge is 0.372 e. The van der Waals surface area contributed by atoms with E-state index < -0.39 is 15.8 Å². The van der Waals surface area contributed by atoms with Gasteiger partial charge in [-0.15, -0.1) is 12.4 Å². The molecule has 0 unspecified atom stereocenters. The van der Waals surface area contributed by atoms with E-state index in [0.29, 0.717) is 25.3 Å². The van der Waals surface area contributed by atoms with Gasteiger partial charge >= 0.3 is 0 Å². The summed E-state index contributed by atoms with van der Waals surface area (Å²) < 4.78 is 44.4. The van der Waals surface area contributed by atoms with E-state index in [9.17, 15) is 12.8 Å². The number of sulfonamides is 1. The third-order valence-corrected chi connectivity index (χ3v) is 4.29. The maximum absolute atomic E-state index is 13.6. The first kappa shape index (κ1) is 19.6. The summed E-state index contributed by atoms with van der Waals surface area (Å²) in [6, 6.07) is 4.52. The molecule has 1 heterocycles. The number of nitrogens with one attached hydrogen (secondary N) is 2. The maximum Gasteiger partial charge on any atom is 0.208 e. The Kier molecular flexibility index (Phi) is 7.51. The minimum absolute atomic E-state index is 0. The van der Waals surface area contributed by atoms with E-state index >= 15 is 0 Å². The Labute approximate surface area is 141 Å². The van der Waals surface area contributed by atoms with E-state index in [1.165, 1.54) is 12.1 Å². The van der Waals surface area contributed by atoms with Crippen LogP contribution in [0.1, 0.15) is 11.7 Å². The number of halogens is 3. The minimum Gasteiger partial charge on any atom is -0.372 e. The fourth-order valence-corrected chi connectivity index (χ4v) is 2.92. The van der Waals surface area contributed by atoms with Crippen LogP contribution >= 0.6 is 24.0 Å². The summed E-state index contributed by atoms with van der Waals surface area (Å²) >= 11 is 5.69. The Hall–Kier alpha value is -0.440. The summed E-state index contributed by atoms with van der Waals surface area (Å²) in [6.45, 7) is 1.95. The average Bonchev–Trinajstić information content (AvgIpc) is 2.64. The number of ether oxygens (including phenoxy) is 1. The highest BCUT2D eigenvalue weighted by Gasteiger charge is 2.27. The molecule has 0 amide bonds. The first-order chi connectivity index (χ1) is 9.87. The summed E-state index contributed by atoms with van der Waals surface area (Å²) in [5.74, 6) is -0.646. The quantitative estimate of drug-likeness (QED) is 0.844. The van der Waals surface area contributed by atoms with Crippen molar-refractivity contribution in [2.45, 2.75) is 6.10 Å². The molecule has 2 rings (SSSR count). The molecule has 0 aromatic heterocycles. The molecule has 1 aromatic rings. The van der Waals surface area contributed by atoms with Crippen molar-refractivity contribution >= 4 is 34.0 Å². The molecule has 1 fully saturated rings. The van der Waals surface area contributed by atoms with Crippen LogP contribution in [0.5, 0.6) is 0 Å². The van der Waals surface area contributed by atoms with Gasteiger partial charge in [0.15, 0.2) is 0 Å². The SMILES string of the molecule is CS(=O)(=O)NC[C@@H]1CNCCO[C@H]1c1ccc(Cl)c(F)c1.Cl.